The Morgan fingerprint density at radius 3 is 1.05 bits per heavy atom. The Balaban J connectivity index is 4.87. The summed E-state index contributed by atoms with van der Waals surface area (Å²) in [5, 5.41) is 0. The molecule has 0 aliphatic rings. The molecule has 0 spiro atoms. The van der Waals surface area contributed by atoms with Crippen molar-refractivity contribution in [3.63, 3.8) is 0 Å². The van der Waals surface area contributed by atoms with Gasteiger partial charge in [0.05, 0.1) is 0 Å². The van der Waals surface area contributed by atoms with Crippen LogP contribution in [0.1, 0.15) is 197 Å². The van der Waals surface area contributed by atoms with Crippen LogP contribution in [0.4, 0.5) is 0 Å². The van der Waals surface area contributed by atoms with Crippen LogP contribution >= 0.6 is 0 Å². The molecule has 0 aromatic heterocycles. The maximum absolute atomic E-state index is 6.99. The van der Waals surface area contributed by atoms with Crippen LogP contribution in [0.5, 0.6) is 0 Å². The van der Waals surface area contributed by atoms with Crippen molar-refractivity contribution in [2.24, 2.45) is 10.8 Å². The molecular weight excluding hydrogens is 583 g/mol. The van der Waals surface area contributed by atoms with Crippen molar-refractivity contribution in [1.29, 1.82) is 0 Å². The van der Waals surface area contributed by atoms with Crippen molar-refractivity contribution < 1.29 is 6.15 Å². The summed E-state index contributed by atoms with van der Waals surface area (Å²) in [6.07, 6.45) is 29.7. The molecule has 0 unspecified atom stereocenters. The summed E-state index contributed by atoms with van der Waals surface area (Å²) in [4.78, 5) is 0. The standard InChI is InChI=1S/2C10H21O.2C8H17.Sn/c2*1-10(2,3)8-6-4-5-7-9-11;2*1-3-5-7-8-6-4-2;/h2*4-9H2,1-3H3;2*1,3-8H2,2H3;/q2*-1;;;+2. The molecule has 0 atom stereocenters. The molecule has 0 rings (SSSR count). The van der Waals surface area contributed by atoms with Gasteiger partial charge < -0.3 is 0 Å². The summed E-state index contributed by atoms with van der Waals surface area (Å²) < 4.78 is 16.6. The predicted octanol–water partition coefficient (Wildman–Crippen LogP) is 13.2. The second kappa shape index (κ2) is 25.2. The van der Waals surface area contributed by atoms with Gasteiger partial charge in [-0.05, 0) is 0 Å². The van der Waals surface area contributed by atoms with Crippen LogP contribution in [0.2, 0.25) is 8.87 Å². The van der Waals surface area contributed by atoms with E-state index in [1.165, 1.54) is 150 Å². The van der Waals surface area contributed by atoms with Crippen molar-refractivity contribution >= 4 is 19.2 Å². The molecule has 0 aromatic carbocycles. The number of unbranched alkanes of at least 4 members (excludes halogenated alkanes) is 16. The van der Waals surface area contributed by atoms with Crippen molar-refractivity contribution in [2.45, 2.75) is 206 Å². The Morgan fingerprint density at radius 2 is 0.692 bits per heavy atom. The summed E-state index contributed by atoms with van der Waals surface area (Å²) in [7, 11) is 0. The van der Waals surface area contributed by atoms with Gasteiger partial charge in [-0.2, -0.15) is 0 Å². The molecule has 0 bridgehead atoms. The van der Waals surface area contributed by atoms with Gasteiger partial charge in [-0.3, -0.25) is 0 Å². The molecule has 0 heterocycles. The monoisotopic (exact) mass is 660 g/mol. The van der Waals surface area contributed by atoms with Crippen molar-refractivity contribution in [2.75, 3.05) is 13.2 Å². The molecule has 236 valence electrons. The van der Waals surface area contributed by atoms with Crippen LogP contribution < -0.4 is 0 Å². The third-order valence-electron chi connectivity index (χ3n) is 8.19. The molecule has 2 nitrogen and oxygen atoms in total. The molecule has 0 aliphatic carbocycles. The summed E-state index contributed by atoms with van der Waals surface area (Å²) in [6.45, 7) is 20.8. The minimum absolute atomic E-state index is 0.469. The number of hydrogen-bond donors (Lipinski definition) is 0. The van der Waals surface area contributed by atoms with Crippen LogP contribution in [0.15, 0.2) is 0 Å². The fourth-order valence-electron chi connectivity index (χ4n) is 5.54. The first-order valence-electron chi connectivity index (χ1n) is 17.8. The zero-order valence-corrected chi connectivity index (χ0v) is 31.6. The van der Waals surface area contributed by atoms with Crippen molar-refractivity contribution in [3.05, 3.63) is 0 Å². The Morgan fingerprint density at radius 1 is 0.385 bits per heavy atom. The van der Waals surface area contributed by atoms with Crippen LogP contribution in [0.25, 0.3) is 0 Å². The molecule has 0 amide bonds. The molecule has 0 aromatic rings. The van der Waals surface area contributed by atoms with Gasteiger partial charge in [-0.15, -0.1) is 0 Å². The van der Waals surface area contributed by atoms with Crippen LogP contribution in [-0.4, -0.2) is 32.4 Å². The van der Waals surface area contributed by atoms with Gasteiger partial charge >= 0.3 is 255 Å². The van der Waals surface area contributed by atoms with E-state index < -0.39 is 19.2 Å². The Labute approximate surface area is 253 Å². The third-order valence-corrected chi connectivity index (χ3v) is 18.7. The zero-order chi connectivity index (χ0) is 29.3. The maximum atomic E-state index is 6.99. The van der Waals surface area contributed by atoms with Gasteiger partial charge in [0.25, 0.3) is 0 Å². The van der Waals surface area contributed by atoms with Crippen LogP contribution in [0.3, 0.4) is 0 Å². The molecule has 0 saturated heterocycles. The van der Waals surface area contributed by atoms with E-state index in [2.05, 4.69) is 55.4 Å². The topological polar surface area (TPSA) is 18.5 Å². The van der Waals surface area contributed by atoms with E-state index in [1.54, 1.807) is 0 Å². The summed E-state index contributed by atoms with van der Waals surface area (Å²) in [6, 6.07) is 0. The molecule has 0 saturated carbocycles. The van der Waals surface area contributed by atoms with Gasteiger partial charge in [0.1, 0.15) is 0 Å². The first kappa shape index (κ1) is 39.7. The first-order valence-corrected chi connectivity index (χ1v) is 24.2. The molecular formula is C36H76O2Sn. The van der Waals surface area contributed by atoms with Gasteiger partial charge in [0.2, 0.25) is 0 Å². The fourth-order valence-corrected chi connectivity index (χ4v) is 15.6. The van der Waals surface area contributed by atoms with Gasteiger partial charge in [0.15, 0.2) is 0 Å². The molecule has 0 fully saturated rings. The van der Waals surface area contributed by atoms with Crippen LogP contribution in [-0.2, 0) is 6.15 Å². The number of rotatable bonds is 28. The molecule has 0 N–H and O–H groups in total. The van der Waals surface area contributed by atoms with Gasteiger partial charge in [-0.25, -0.2) is 0 Å². The normalized spacial score (nSPS) is 12.9. The summed E-state index contributed by atoms with van der Waals surface area (Å²) in [5.41, 5.74) is 0.938. The first-order chi connectivity index (χ1) is 18.5. The Bertz CT molecular complexity index is 459. The SMILES string of the molecule is CCCCCCC[CH2][Sn]([CH2]CCCCCCC)([O]CCCCCCC(C)(C)C)[O]CCCCCCC(C)(C)C. The van der Waals surface area contributed by atoms with E-state index in [1.807, 2.05) is 0 Å². The zero-order valence-electron chi connectivity index (χ0n) is 28.7. The average Bonchev–Trinajstić information content (AvgIpc) is 2.85. The predicted molar refractivity (Wildman–Crippen MR) is 179 cm³/mol. The molecule has 3 heteroatoms. The van der Waals surface area contributed by atoms with Gasteiger partial charge in [-0.1, -0.05) is 0 Å². The quantitative estimate of drug-likeness (QED) is 0.0615. The van der Waals surface area contributed by atoms with E-state index >= 15 is 0 Å². The summed E-state index contributed by atoms with van der Waals surface area (Å²) in [5.74, 6) is 0. The van der Waals surface area contributed by atoms with E-state index in [9.17, 15) is 0 Å². The number of hydrogen-bond acceptors (Lipinski definition) is 2. The average molecular weight is 660 g/mol. The summed E-state index contributed by atoms with van der Waals surface area (Å²) >= 11 is -3.04. The molecule has 0 radical (unpaired) electrons. The third kappa shape index (κ3) is 28.6. The fraction of sp³-hybridized carbons (Fsp3) is 1.00. The van der Waals surface area contributed by atoms with E-state index in [4.69, 9.17) is 6.15 Å². The van der Waals surface area contributed by atoms with Crippen molar-refractivity contribution in [3.8, 4) is 0 Å². The Hall–Kier alpha value is 0.719. The minimum atomic E-state index is -3.04. The molecule has 0 aliphatic heterocycles. The second-order valence-corrected chi connectivity index (χ2v) is 24.8. The molecule has 39 heavy (non-hydrogen) atoms. The van der Waals surface area contributed by atoms with E-state index in [0.29, 0.717) is 10.8 Å². The Kier molecular flexibility index (Phi) is 25.7. The van der Waals surface area contributed by atoms with Crippen LogP contribution in [0, 0.1) is 10.8 Å². The van der Waals surface area contributed by atoms with E-state index in [0.717, 1.165) is 13.2 Å². The van der Waals surface area contributed by atoms with Gasteiger partial charge in [0, 0.05) is 0 Å². The van der Waals surface area contributed by atoms with Crippen molar-refractivity contribution in [1.82, 2.24) is 0 Å². The second-order valence-electron chi connectivity index (χ2n) is 15.1. The van der Waals surface area contributed by atoms with E-state index in [-0.39, 0.29) is 0 Å².